The molecule has 2 fully saturated rings. The van der Waals surface area contributed by atoms with Crippen molar-refractivity contribution in [1.82, 2.24) is 0 Å². The zero-order valence-corrected chi connectivity index (χ0v) is 14.8. The number of ether oxygens (including phenoxy) is 1. The molecule has 2 nitrogen and oxygen atoms in total. The molecule has 4 aliphatic rings. The second kappa shape index (κ2) is 5.22. The van der Waals surface area contributed by atoms with Crippen LogP contribution < -0.4 is 0 Å². The van der Waals surface area contributed by atoms with E-state index in [1.165, 1.54) is 39.0 Å². The topological polar surface area (TPSA) is 26.3 Å². The van der Waals surface area contributed by atoms with Gasteiger partial charge in [0.15, 0.2) is 0 Å². The average Bonchev–Trinajstić information content (AvgIpc) is 2.89. The van der Waals surface area contributed by atoms with Crippen molar-refractivity contribution in [2.45, 2.75) is 71.8 Å². The van der Waals surface area contributed by atoms with Crippen LogP contribution in [0.25, 0.3) is 0 Å². The van der Waals surface area contributed by atoms with Crippen molar-refractivity contribution in [2.24, 2.45) is 28.6 Å². The molecule has 4 rings (SSSR count). The Morgan fingerprint density at radius 2 is 2.00 bits per heavy atom. The Kier molecular flexibility index (Phi) is 3.52. The summed E-state index contributed by atoms with van der Waals surface area (Å²) in [4.78, 5) is 11.3. The Bertz CT molecular complexity index is 574. The number of allylic oxidation sites excluding steroid dienone is 3. The van der Waals surface area contributed by atoms with Gasteiger partial charge in [0.25, 0.3) is 0 Å². The molecule has 0 aromatic heterocycles. The van der Waals surface area contributed by atoms with Gasteiger partial charge in [0, 0.05) is 13.3 Å². The van der Waals surface area contributed by atoms with Crippen LogP contribution in [0.15, 0.2) is 23.8 Å². The fourth-order valence-electron chi connectivity index (χ4n) is 6.45. The molecule has 23 heavy (non-hydrogen) atoms. The lowest BCUT2D eigenvalue weighted by atomic mass is 9.48. The first kappa shape index (κ1) is 15.5. The van der Waals surface area contributed by atoms with E-state index in [2.05, 4.69) is 32.1 Å². The Labute approximate surface area is 140 Å². The van der Waals surface area contributed by atoms with Crippen molar-refractivity contribution >= 4 is 5.97 Å². The van der Waals surface area contributed by atoms with Gasteiger partial charge in [-0.25, -0.2) is 0 Å². The standard InChI is InChI=1S/C21H30O2/c1-14(22)23-16-8-12-21(3)15(13-16)6-7-17-18-5-4-10-20(18,2)11-9-19(17)21/h4,6,10,16-19H,5,7-9,11-13H2,1-3H3/t16-,17+,18+,19+,20-,21-/m0/s1. The van der Waals surface area contributed by atoms with Crippen molar-refractivity contribution in [1.29, 1.82) is 0 Å². The normalized spacial score (nSPS) is 48.0. The highest BCUT2D eigenvalue weighted by molar-refractivity contribution is 5.66. The van der Waals surface area contributed by atoms with Crippen LogP contribution in [0.4, 0.5) is 0 Å². The molecular weight excluding hydrogens is 284 g/mol. The molecule has 0 bridgehead atoms. The summed E-state index contributed by atoms with van der Waals surface area (Å²) in [7, 11) is 0. The second-order valence-electron chi connectivity index (χ2n) is 8.92. The Hall–Kier alpha value is -1.05. The largest absolute Gasteiger partial charge is 0.462 e. The first-order chi connectivity index (χ1) is 10.9. The lowest BCUT2D eigenvalue weighted by Crippen LogP contribution is -2.49. The van der Waals surface area contributed by atoms with E-state index < -0.39 is 0 Å². The van der Waals surface area contributed by atoms with Crippen LogP contribution >= 0.6 is 0 Å². The highest BCUT2D eigenvalue weighted by Gasteiger charge is 2.54. The maximum atomic E-state index is 11.3. The molecule has 0 aromatic carbocycles. The van der Waals surface area contributed by atoms with Gasteiger partial charge in [-0.2, -0.15) is 0 Å². The van der Waals surface area contributed by atoms with Crippen molar-refractivity contribution < 1.29 is 9.53 Å². The van der Waals surface area contributed by atoms with E-state index in [1.807, 2.05) is 0 Å². The van der Waals surface area contributed by atoms with Crippen LogP contribution in [0.1, 0.15) is 65.7 Å². The maximum absolute atomic E-state index is 11.3. The Morgan fingerprint density at radius 1 is 1.17 bits per heavy atom. The fraction of sp³-hybridized carbons (Fsp3) is 0.762. The molecule has 0 spiro atoms. The number of hydrogen-bond acceptors (Lipinski definition) is 2. The van der Waals surface area contributed by atoms with Crippen LogP contribution in [0.3, 0.4) is 0 Å². The molecule has 0 radical (unpaired) electrons. The van der Waals surface area contributed by atoms with Crippen LogP contribution in [0.5, 0.6) is 0 Å². The third kappa shape index (κ3) is 2.32. The molecule has 0 unspecified atom stereocenters. The van der Waals surface area contributed by atoms with Gasteiger partial charge in [0.05, 0.1) is 0 Å². The predicted molar refractivity (Wildman–Crippen MR) is 91.8 cm³/mol. The first-order valence-electron chi connectivity index (χ1n) is 9.47. The molecule has 0 N–H and O–H groups in total. The lowest BCUT2D eigenvalue weighted by Gasteiger charge is -2.57. The van der Waals surface area contributed by atoms with Gasteiger partial charge in [-0.3, -0.25) is 4.79 Å². The summed E-state index contributed by atoms with van der Waals surface area (Å²) in [6.45, 7) is 6.52. The van der Waals surface area contributed by atoms with Crippen LogP contribution in [0, 0.1) is 28.6 Å². The summed E-state index contributed by atoms with van der Waals surface area (Å²) in [6, 6.07) is 0. The summed E-state index contributed by atoms with van der Waals surface area (Å²) in [5, 5.41) is 0. The Morgan fingerprint density at radius 3 is 2.78 bits per heavy atom. The maximum Gasteiger partial charge on any atom is 0.302 e. The zero-order valence-electron chi connectivity index (χ0n) is 14.8. The van der Waals surface area contributed by atoms with Crippen LogP contribution in [-0.2, 0) is 9.53 Å². The quantitative estimate of drug-likeness (QED) is 0.500. The highest BCUT2D eigenvalue weighted by Crippen LogP contribution is 2.63. The van der Waals surface area contributed by atoms with Crippen molar-refractivity contribution in [3.05, 3.63) is 23.8 Å². The summed E-state index contributed by atoms with van der Waals surface area (Å²) >= 11 is 0. The lowest BCUT2D eigenvalue weighted by molar-refractivity contribution is -0.148. The van der Waals surface area contributed by atoms with Gasteiger partial charge >= 0.3 is 5.97 Å². The van der Waals surface area contributed by atoms with Crippen molar-refractivity contribution in [3.63, 3.8) is 0 Å². The van der Waals surface area contributed by atoms with Gasteiger partial charge in [-0.1, -0.05) is 37.6 Å². The number of fused-ring (bicyclic) bond motifs is 5. The van der Waals surface area contributed by atoms with Gasteiger partial charge in [-0.05, 0) is 67.1 Å². The summed E-state index contributed by atoms with van der Waals surface area (Å²) in [5.74, 6) is 2.40. The van der Waals surface area contributed by atoms with Crippen LogP contribution in [-0.4, -0.2) is 12.1 Å². The van der Waals surface area contributed by atoms with E-state index in [0.29, 0.717) is 10.8 Å². The van der Waals surface area contributed by atoms with E-state index in [9.17, 15) is 4.79 Å². The first-order valence-corrected chi connectivity index (χ1v) is 9.47. The SMILES string of the molecule is CC(=O)O[C@H]1CC[C@@]2(C)C(=CC[C@@H]3[C@H]4CC=C[C@@]4(C)CC[C@H]32)C1. The minimum absolute atomic E-state index is 0.116. The third-order valence-electron chi connectivity index (χ3n) is 7.72. The summed E-state index contributed by atoms with van der Waals surface area (Å²) in [5.41, 5.74) is 2.40. The molecule has 0 aromatic rings. The van der Waals surface area contributed by atoms with Gasteiger partial charge in [0.1, 0.15) is 6.10 Å². The number of rotatable bonds is 1. The molecule has 0 saturated heterocycles. The predicted octanol–water partition coefficient (Wildman–Crippen LogP) is 5.05. The molecule has 4 aliphatic carbocycles. The van der Waals surface area contributed by atoms with Crippen LogP contribution in [0.2, 0.25) is 0 Å². The third-order valence-corrected chi connectivity index (χ3v) is 7.72. The van der Waals surface area contributed by atoms with E-state index in [-0.39, 0.29) is 12.1 Å². The number of carbonyl (C=O) groups is 1. The van der Waals surface area contributed by atoms with E-state index in [1.54, 1.807) is 5.57 Å². The molecule has 6 atom stereocenters. The number of carbonyl (C=O) groups excluding carboxylic acids is 1. The smallest absolute Gasteiger partial charge is 0.302 e. The summed E-state index contributed by atoms with van der Waals surface area (Å²) < 4.78 is 5.52. The molecule has 0 amide bonds. The van der Waals surface area contributed by atoms with Gasteiger partial charge in [0.2, 0.25) is 0 Å². The molecule has 126 valence electrons. The average molecular weight is 314 g/mol. The molecule has 0 heterocycles. The van der Waals surface area contributed by atoms with Crippen molar-refractivity contribution in [3.8, 4) is 0 Å². The van der Waals surface area contributed by atoms with Gasteiger partial charge < -0.3 is 4.74 Å². The van der Waals surface area contributed by atoms with Gasteiger partial charge in [-0.15, -0.1) is 0 Å². The second-order valence-corrected chi connectivity index (χ2v) is 8.92. The Balaban J connectivity index is 1.59. The highest BCUT2D eigenvalue weighted by atomic mass is 16.5. The fourth-order valence-corrected chi connectivity index (χ4v) is 6.45. The minimum Gasteiger partial charge on any atom is -0.462 e. The van der Waals surface area contributed by atoms with E-state index in [0.717, 1.165) is 30.6 Å². The molecular formula is C21H30O2. The minimum atomic E-state index is -0.127. The molecule has 2 saturated carbocycles. The van der Waals surface area contributed by atoms with E-state index in [4.69, 9.17) is 4.74 Å². The van der Waals surface area contributed by atoms with Crippen molar-refractivity contribution in [2.75, 3.05) is 0 Å². The zero-order chi connectivity index (χ0) is 16.2. The molecule has 0 aliphatic heterocycles. The number of esters is 1. The molecule has 2 heteroatoms. The number of hydrogen-bond donors (Lipinski definition) is 0. The monoisotopic (exact) mass is 314 g/mol. The summed E-state index contributed by atoms with van der Waals surface area (Å²) in [6.07, 6.45) is 16.0. The van der Waals surface area contributed by atoms with E-state index >= 15 is 0 Å².